The van der Waals surface area contributed by atoms with Crippen molar-refractivity contribution in [3.63, 3.8) is 0 Å². The van der Waals surface area contributed by atoms with E-state index in [0.29, 0.717) is 18.4 Å². The quantitative estimate of drug-likeness (QED) is 0.730. The van der Waals surface area contributed by atoms with Crippen molar-refractivity contribution in [1.29, 1.82) is 0 Å². The third-order valence-electron chi connectivity index (χ3n) is 4.36. The minimum atomic E-state index is -3.66. The molecule has 3 atom stereocenters. The zero-order valence-corrected chi connectivity index (χ0v) is 15.2. The molecule has 0 aliphatic carbocycles. The van der Waals surface area contributed by atoms with E-state index in [2.05, 4.69) is 0 Å². The summed E-state index contributed by atoms with van der Waals surface area (Å²) in [4.78, 5) is 35.2. The number of nitrogens with zero attached hydrogens (tertiary/aromatic N) is 1. The largest absolute Gasteiger partial charge is 0.619 e. The number of aromatic amines is 1. The van der Waals surface area contributed by atoms with Crippen LogP contribution < -0.4 is 15.8 Å². The molecule has 2 N–H and O–H groups in total. The van der Waals surface area contributed by atoms with Crippen molar-refractivity contribution < 1.29 is 32.0 Å². The molecule has 0 amide bonds. The predicted molar refractivity (Wildman–Crippen MR) is 91.3 cm³/mol. The fraction of sp³-hybridized carbons (Fsp3) is 0.375. The van der Waals surface area contributed by atoms with Crippen molar-refractivity contribution >= 4 is 8.17 Å². The average molecular weight is 417 g/mol. The Morgan fingerprint density at radius 3 is 2.96 bits per heavy atom. The number of hydrogen-bond acceptors (Lipinski definition) is 7. The summed E-state index contributed by atoms with van der Waals surface area (Å²) in [5, 5.41) is 0. The fourth-order valence-electron chi connectivity index (χ4n) is 2.98. The predicted octanol–water partition coefficient (Wildman–Crippen LogP) is 1.79. The van der Waals surface area contributed by atoms with E-state index < -0.39 is 43.4 Å². The van der Waals surface area contributed by atoms with Gasteiger partial charge in [0.1, 0.15) is 25.3 Å². The maximum atomic E-state index is 13.4. The van der Waals surface area contributed by atoms with Crippen molar-refractivity contribution in [2.75, 3.05) is 6.61 Å². The lowest BCUT2D eigenvalue weighted by Gasteiger charge is -2.22. The fourth-order valence-corrected chi connectivity index (χ4v) is 4.24. The normalized spacial score (nSPS) is 26.7. The molecule has 12 heteroatoms. The first-order valence-electron chi connectivity index (χ1n) is 8.38. The molecule has 2 aliphatic heterocycles. The molecule has 0 radical (unpaired) electrons. The summed E-state index contributed by atoms with van der Waals surface area (Å²) in [6.45, 7) is -0.171. The van der Waals surface area contributed by atoms with Crippen LogP contribution in [0.5, 0.6) is 5.75 Å². The monoisotopic (exact) mass is 417 g/mol. The van der Waals surface area contributed by atoms with Crippen LogP contribution in [0.25, 0.3) is 0 Å². The molecule has 1 fully saturated rings. The van der Waals surface area contributed by atoms with Crippen molar-refractivity contribution in [3.8, 4) is 5.75 Å². The Hall–Kier alpha value is -2.17. The van der Waals surface area contributed by atoms with Crippen molar-refractivity contribution in [1.82, 2.24) is 9.55 Å². The zero-order valence-electron chi connectivity index (χ0n) is 14.3. The van der Waals surface area contributed by atoms with E-state index in [9.17, 15) is 23.3 Å². The average Bonchev–Trinajstić information content (AvgIpc) is 3.12. The third-order valence-corrected chi connectivity index (χ3v) is 5.72. The zero-order chi connectivity index (χ0) is 19.9. The van der Waals surface area contributed by atoms with Crippen LogP contribution in [0.15, 0.2) is 34.0 Å². The number of ether oxygens (including phenoxy) is 1. The second kappa shape index (κ2) is 7.34. The summed E-state index contributed by atoms with van der Waals surface area (Å²) in [7, 11) is -3.66. The van der Waals surface area contributed by atoms with Crippen molar-refractivity contribution in [2.24, 2.45) is 0 Å². The smallest absolute Gasteiger partial charge is 0.352 e. The summed E-state index contributed by atoms with van der Waals surface area (Å²) >= 11 is 0. The van der Waals surface area contributed by atoms with Gasteiger partial charge in [-0.1, -0.05) is 0 Å². The summed E-state index contributed by atoms with van der Waals surface area (Å²) in [5.74, 6) is -1.28. The molecular formula is C16H16F2N2O7P+. The Bertz CT molecular complexity index is 1010. The molecule has 9 nitrogen and oxygen atoms in total. The molecule has 3 heterocycles. The number of H-pyrrole nitrogens is 1. The Morgan fingerprint density at radius 1 is 1.32 bits per heavy atom. The van der Waals surface area contributed by atoms with E-state index in [1.54, 1.807) is 0 Å². The summed E-state index contributed by atoms with van der Waals surface area (Å²) in [6, 6.07) is 3.81. The van der Waals surface area contributed by atoms with Gasteiger partial charge < -0.3 is 4.74 Å². The molecule has 0 spiro atoms. The molecule has 0 saturated carbocycles. The minimum Gasteiger partial charge on any atom is -0.352 e. The molecule has 4 rings (SSSR count). The molecule has 28 heavy (non-hydrogen) atoms. The van der Waals surface area contributed by atoms with Crippen LogP contribution in [0.4, 0.5) is 8.78 Å². The van der Waals surface area contributed by atoms with Gasteiger partial charge in [-0.3, -0.25) is 18.9 Å². The van der Waals surface area contributed by atoms with Gasteiger partial charge in [-0.05, 0) is 31.0 Å². The van der Waals surface area contributed by atoms with E-state index in [4.69, 9.17) is 18.3 Å². The van der Waals surface area contributed by atoms with E-state index in [-0.39, 0.29) is 19.0 Å². The van der Waals surface area contributed by atoms with Gasteiger partial charge in [0.2, 0.25) is 5.82 Å². The van der Waals surface area contributed by atoms with Gasteiger partial charge in [-0.25, -0.2) is 9.18 Å². The number of fused-ring (bicyclic) bond motifs is 1. The molecule has 1 saturated heterocycles. The number of benzene rings is 1. The standard InChI is InChI=1S/C16H15F2N2O7P/c17-10-1-3-13-9(5-10)7-24-28(23,27-13)25-8-11-2-4-14(26-11)20-6-12(18)15(21)19-16(20)22/h1,3,5-6,11,14,23H,2,4,7-8H2/p+1. The third kappa shape index (κ3) is 3.85. The lowest BCUT2D eigenvalue weighted by molar-refractivity contribution is -0.0305. The molecule has 0 bridgehead atoms. The first-order valence-corrected chi connectivity index (χ1v) is 9.88. The maximum absolute atomic E-state index is 13.4. The van der Waals surface area contributed by atoms with Crippen LogP contribution in [0, 0.1) is 11.6 Å². The molecule has 1 aromatic heterocycles. The van der Waals surface area contributed by atoms with Crippen LogP contribution in [0.2, 0.25) is 0 Å². The number of hydrogen-bond donors (Lipinski definition) is 2. The minimum absolute atomic E-state index is 0.0719. The summed E-state index contributed by atoms with van der Waals surface area (Å²) < 4.78 is 49.2. The Kier molecular flexibility index (Phi) is 5.02. The van der Waals surface area contributed by atoms with Gasteiger partial charge >= 0.3 is 13.9 Å². The Balaban J connectivity index is 1.38. The molecule has 1 aromatic carbocycles. The maximum Gasteiger partial charge on any atom is 0.619 e. The van der Waals surface area contributed by atoms with E-state index >= 15 is 0 Å². The van der Waals surface area contributed by atoms with E-state index in [0.717, 1.165) is 10.8 Å². The SMILES string of the molecule is O=c1[nH]c(=O)n(C2CCC(CO[P+]3(O)OCc4cc(F)ccc4O3)O2)cc1F. The van der Waals surface area contributed by atoms with Gasteiger partial charge in [0, 0.05) is 5.56 Å². The first kappa shape index (κ1) is 19.2. The van der Waals surface area contributed by atoms with Crippen LogP contribution in [-0.2, 0) is 20.4 Å². The van der Waals surface area contributed by atoms with Gasteiger partial charge in [0.25, 0.3) is 5.56 Å². The van der Waals surface area contributed by atoms with Crippen LogP contribution >= 0.6 is 8.17 Å². The van der Waals surface area contributed by atoms with E-state index in [1.807, 2.05) is 4.98 Å². The highest BCUT2D eigenvalue weighted by molar-refractivity contribution is 7.55. The van der Waals surface area contributed by atoms with Crippen LogP contribution in [-0.4, -0.2) is 27.2 Å². The number of halogens is 2. The number of aromatic nitrogens is 2. The highest BCUT2D eigenvalue weighted by Crippen LogP contribution is 2.61. The Morgan fingerprint density at radius 2 is 2.14 bits per heavy atom. The summed E-state index contributed by atoms with van der Waals surface area (Å²) in [5.41, 5.74) is -1.44. The molecule has 2 aromatic rings. The highest BCUT2D eigenvalue weighted by atomic mass is 31.2. The Labute approximate surface area is 157 Å². The molecular weight excluding hydrogens is 401 g/mol. The lowest BCUT2D eigenvalue weighted by Crippen LogP contribution is -2.34. The van der Waals surface area contributed by atoms with Crippen molar-refractivity contribution in [2.45, 2.75) is 31.8 Å². The second-order valence-corrected chi connectivity index (χ2v) is 7.95. The lowest BCUT2D eigenvalue weighted by atomic mass is 10.2. The molecule has 3 unspecified atom stereocenters. The molecule has 150 valence electrons. The second-order valence-electron chi connectivity index (χ2n) is 6.31. The number of rotatable bonds is 4. The summed E-state index contributed by atoms with van der Waals surface area (Å²) in [6.07, 6.45) is 0.328. The van der Waals surface area contributed by atoms with Crippen LogP contribution in [0.1, 0.15) is 24.6 Å². The highest BCUT2D eigenvalue weighted by Gasteiger charge is 2.51. The number of nitrogens with one attached hydrogen (secondary N) is 1. The van der Waals surface area contributed by atoms with Gasteiger partial charge in [-0.2, -0.15) is 9.28 Å². The molecule has 2 aliphatic rings. The van der Waals surface area contributed by atoms with Gasteiger partial charge in [0.05, 0.1) is 12.3 Å². The van der Waals surface area contributed by atoms with Crippen LogP contribution in [0.3, 0.4) is 0 Å². The van der Waals surface area contributed by atoms with E-state index in [1.165, 1.54) is 18.2 Å². The topological polar surface area (TPSA) is 112 Å². The van der Waals surface area contributed by atoms with Gasteiger partial charge in [-0.15, -0.1) is 9.05 Å². The van der Waals surface area contributed by atoms with Gasteiger partial charge in [0.15, 0.2) is 5.75 Å². The van der Waals surface area contributed by atoms with Crippen molar-refractivity contribution in [3.05, 3.63) is 62.4 Å². The first-order chi connectivity index (χ1) is 13.3.